The van der Waals surface area contributed by atoms with E-state index >= 15 is 0 Å². The molecule has 0 aliphatic carbocycles. The largest absolute Gasteiger partial charge is 0.286 e. The number of azide groups is 1. The number of hydrogen-bond acceptors (Lipinski definition) is 2. The molecule has 0 saturated carbocycles. The topological polar surface area (TPSA) is 77.9 Å². The van der Waals surface area contributed by atoms with Crippen molar-refractivity contribution < 1.29 is 4.79 Å². The van der Waals surface area contributed by atoms with E-state index in [0.717, 1.165) is 6.42 Å². The van der Waals surface area contributed by atoms with Crippen molar-refractivity contribution in [2.75, 3.05) is 0 Å². The minimum atomic E-state index is -0.458. The van der Waals surface area contributed by atoms with Crippen LogP contribution >= 0.6 is 0 Å². The molecule has 0 aromatic rings. The van der Waals surface area contributed by atoms with Crippen molar-refractivity contribution in [1.29, 1.82) is 0 Å². The molecule has 5 heteroatoms. The number of nitrogens with one attached hydrogen (secondary N) is 1. The first-order valence-electron chi connectivity index (χ1n) is 3.02. The number of nitrogens with zero attached hydrogens (tertiary/aromatic N) is 3. The first-order chi connectivity index (χ1) is 4.85. The number of hydrogen-bond donors (Lipinski definition) is 1. The molecular formula is C5H9N4O. The second kappa shape index (κ2) is 5.91. The molecule has 1 N–H and O–H groups in total. The molecule has 0 aromatic heterocycles. The highest BCUT2D eigenvalue weighted by atomic mass is 16.1. The van der Waals surface area contributed by atoms with Crippen LogP contribution in [0.25, 0.3) is 10.4 Å². The van der Waals surface area contributed by atoms with E-state index in [1.165, 1.54) is 0 Å². The summed E-state index contributed by atoms with van der Waals surface area (Å²) < 4.78 is 0. The van der Waals surface area contributed by atoms with Crippen molar-refractivity contribution in [2.45, 2.75) is 25.8 Å². The molecule has 0 bridgehead atoms. The zero-order chi connectivity index (χ0) is 7.82. The van der Waals surface area contributed by atoms with E-state index in [1.54, 1.807) is 6.29 Å². The lowest BCUT2D eigenvalue weighted by Gasteiger charge is -2.00. The average molecular weight is 141 g/mol. The number of carbonyl (C=O) groups excluding carboxylic acids is 1. The normalized spacial score (nSPS) is 11.3. The molecule has 0 rings (SSSR count). The van der Waals surface area contributed by atoms with Gasteiger partial charge in [-0.1, -0.05) is 13.3 Å². The fraction of sp³-hybridized carbons (Fsp3) is 0.800. The highest BCUT2D eigenvalue weighted by molar-refractivity contribution is 5.58. The lowest BCUT2D eigenvalue weighted by molar-refractivity contribution is 0.504. The summed E-state index contributed by atoms with van der Waals surface area (Å²) in [7, 11) is 0. The fourth-order valence-electron chi connectivity index (χ4n) is 0.534. The van der Waals surface area contributed by atoms with Crippen molar-refractivity contribution in [3.8, 4) is 0 Å². The van der Waals surface area contributed by atoms with Crippen molar-refractivity contribution in [3.63, 3.8) is 0 Å². The molecule has 0 aromatic carbocycles. The van der Waals surface area contributed by atoms with Crippen LogP contribution in [0, 0.1) is 0 Å². The van der Waals surface area contributed by atoms with E-state index in [-0.39, 0.29) is 0 Å². The minimum Gasteiger partial charge on any atom is -0.286 e. The minimum absolute atomic E-state index is 0.458. The van der Waals surface area contributed by atoms with Gasteiger partial charge in [-0.25, -0.2) is 0 Å². The van der Waals surface area contributed by atoms with E-state index in [0.29, 0.717) is 6.42 Å². The van der Waals surface area contributed by atoms with Gasteiger partial charge in [-0.3, -0.25) is 10.2 Å². The molecule has 5 nitrogen and oxygen atoms in total. The average Bonchev–Trinajstić information content (AvgIpc) is 1.98. The van der Waals surface area contributed by atoms with Gasteiger partial charge in [0, 0.05) is 0 Å². The molecule has 10 heavy (non-hydrogen) atoms. The summed E-state index contributed by atoms with van der Waals surface area (Å²) in [5, 5.41) is 3.03. The van der Waals surface area contributed by atoms with Crippen LogP contribution in [0.4, 0.5) is 0 Å². The molecule has 0 saturated heterocycles. The highest BCUT2D eigenvalue weighted by Gasteiger charge is 2.06. The summed E-state index contributed by atoms with van der Waals surface area (Å²) in [5.41, 5.74) is 10.1. The molecule has 0 unspecified atom stereocenters. The van der Waals surface area contributed by atoms with Gasteiger partial charge < -0.3 is 0 Å². The van der Waals surface area contributed by atoms with E-state index in [9.17, 15) is 4.79 Å². The maximum absolute atomic E-state index is 10.0. The quantitative estimate of drug-likeness (QED) is 0.269. The smallest absolute Gasteiger partial charge is 0.247 e. The summed E-state index contributed by atoms with van der Waals surface area (Å²) in [4.78, 5) is 12.5. The SMILES string of the molecule is CCC[C@@H]([C]=O)NN=[N+]=[N-]. The van der Waals surface area contributed by atoms with Crippen molar-refractivity contribution in [1.82, 2.24) is 5.43 Å². The zero-order valence-electron chi connectivity index (χ0n) is 5.74. The van der Waals surface area contributed by atoms with Crippen LogP contribution in [0.5, 0.6) is 0 Å². The Morgan fingerprint density at radius 1 is 1.90 bits per heavy atom. The van der Waals surface area contributed by atoms with Gasteiger partial charge in [0.25, 0.3) is 0 Å². The Morgan fingerprint density at radius 2 is 2.60 bits per heavy atom. The maximum Gasteiger partial charge on any atom is 0.247 e. The van der Waals surface area contributed by atoms with Crippen molar-refractivity contribution >= 4 is 6.29 Å². The fourth-order valence-corrected chi connectivity index (χ4v) is 0.534. The molecule has 1 radical (unpaired) electrons. The van der Waals surface area contributed by atoms with Gasteiger partial charge in [0.1, 0.15) is 0 Å². The summed E-state index contributed by atoms with van der Waals surface area (Å²) in [6, 6.07) is -0.458. The Morgan fingerprint density at radius 3 is 3.00 bits per heavy atom. The third-order valence-electron chi connectivity index (χ3n) is 0.978. The molecule has 0 spiro atoms. The predicted octanol–water partition coefficient (Wildman–Crippen LogP) is 1.08. The Bertz CT molecular complexity index is 141. The summed E-state index contributed by atoms with van der Waals surface area (Å²) in [6.45, 7) is 1.93. The monoisotopic (exact) mass is 141 g/mol. The van der Waals surface area contributed by atoms with Gasteiger partial charge in [0.15, 0.2) is 6.04 Å². The van der Waals surface area contributed by atoms with E-state index in [1.807, 2.05) is 6.92 Å². The zero-order valence-corrected chi connectivity index (χ0v) is 5.74. The third kappa shape index (κ3) is 3.74. The summed E-state index contributed by atoms with van der Waals surface area (Å²) in [5.74, 6) is 0. The van der Waals surface area contributed by atoms with Gasteiger partial charge in [0.05, 0.1) is 0 Å². The second-order valence-corrected chi connectivity index (χ2v) is 1.78. The van der Waals surface area contributed by atoms with E-state index in [4.69, 9.17) is 5.53 Å². The highest BCUT2D eigenvalue weighted by Crippen LogP contribution is 1.92. The predicted molar refractivity (Wildman–Crippen MR) is 36.7 cm³/mol. The van der Waals surface area contributed by atoms with Gasteiger partial charge in [0.2, 0.25) is 6.29 Å². The van der Waals surface area contributed by atoms with Crippen molar-refractivity contribution in [3.05, 3.63) is 10.4 Å². The van der Waals surface area contributed by atoms with Crippen molar-refractivity contribution in [2.24, 2.45) is 5.22 Å². The van der Waals surface area contributed by atoms with E-state index in [2.05, 4.69) is 15.6 Å². The van der Waals surface area contributed by atoms with Gasteiger partial charge in [-0.05, 0) is 11.6 Å². The lowest BCUT2D eigenvalue weighted by atomic mass is 10.2. The van der Waals surface area contributed by atoms with Gasteiger partial charge in [-0.2, -0.15) is 4.91 Å². The van der Waals surface area contributed by atoms with E-state index < -0.39 is 6.04 Å². The van der Waals surface area contributed by atoms with Gasteiger partial charge in [-0.15, -0.1) is 5.53 Å². The Labute approximate surface area is 59.0 Å². The second-order valence-electron chi connectivity index (χ2n) is 1.78. The van der Waals surface area contributed by atoms with Crippen LogP contribution < -0.4 is 5.43 Å². The molecule has 0 heterocycles. The van der Waals surface area contributed by atoms with Crippen LogP contribution in [0.2, 0.25) is 0 Å². The molecular weight excluding hydrogens is 132 g/mol. The van der Waals surface area contributed by atoms with Crippen LogP contribution in [0.15, 0.2) is 5.22 Å². The third-order valence-corrected chi connectivity index (χ3v) is 0.978. The molecule has 0 aliphatic rings. The molecule has 0 fully saturated rings. The Balaban J connectivity index is 3.58. The van der Waals surface area contributed by atoms with Crippen LogP contribution in [-0.4, -0.2) is 12.3 Å². The summed E-state index contributed by atoms with van der Waals surface area (Å²) in [6.07, 6.45) is 3.21. The maximum atomic E-state index is 10.0. The Kier molecular flexibility index (Phi) is 5.19. The molecule has 55 valence electrons. The lowest BCUT2D eigenvalue weighted by Crippen LogP contribution is -2.24. The summed E-state index contributed by atoms with van der Waals surface area (Å²) >= 11 is 0. The first kappa shape index (κ1) is 8.78. The molecule has 1 atom stereocenters. The number of rotatable bonds is 5. The van der Waals surface area contributed by atoms with Gasteiger partial charge >= 0.3 is 0 Å². The van der Waals surface area contributed by atoms with Crippen LogP contribution in [0.3, 0.4) is 0 Å². The molecule has 0 amide bonds. The standard InChI is InChI=1S/C5H9N4O/c1-2-3-5(4-10)7-9-8-6/h5,7H,2-3H2,1H3/t5-/m0/s1. The first-order valence-corrected chi connectivity index (χ1v) is 3.02. The Hall–Kier alpha value is -1.22. The van der Waals surface area contributed by atoms with Crippen LogP contribution in [-0.2, 0) is 4.79 Å². The molecule has 0 aliphatic heterocycles. The van der Waals surface area contributed by atoms with Crippen LogP contribution in [0.1, 0.15) is 19.8 Å².